The molecule has 3 nitrogen and oxygen atoms in total. The van der Waals surface area contributed by atoms with E-state index in [9.17, 15) is 4.79 Å². The fourth-order valence-corrected chi connectivity index (χ4v) is 3.56. The van der Waals surface area contributed by atoms with Crippen molar-refractivity contribution in [3.8, 4) is 10.6 Å². The van der Waals surface area contributed by atoms with Crippen LogP contribution in [-0.4, -0.2) is 11.0 Å². The molecule has 0 bridgehead atoms. The van der Waals surface area contributed by atoms with Crippen molar-refractivity contribution < 1.29 is 9.53 Å². The number of carbonyl (C=O) groups excluding carboxylic acids is 1. The average molecular weight is 416 g/mol. The first-order valence-electron chi connectivity index (χ1n) is 8.00. The number of hydrogen-bond acceptors (Lipinski definition) is 4. The van der Waals surface area contributed by atoms with Gasteiger partial charge in [0.15, 0.2) is 0 Å². The lowest BCUT2D eigenvalue weighted by molar-refractivity contribution is 0.0468. The van der Waals surface area contributed by atoms with E-state index in [4.69, 9.17) is 4.74 Å². The molecule has 1 aromatic heterocycles. The predicted octanol–water partition coefficient (Wildman–Crippen LogP) is 6.05. The van der Waals surface area contributed by atoms with Crippen LogP contribution in [0.4, 0.5) is 0 Å². The van der Waals surface area contributed by atoms with Crippen molar-refractivity contribution in [2.24, 2.45) is 0 Å². The summed E-state index contributed by atoms with van der Waals surface area (Å²) in [7, 11) is 0. The summed E-state index contributed by atoms with van der Waals surface area (Å²) in [6.45, 7) is 4.53. The molecule has 1 heterocycles. The van der Waals surface area contributed by atoms with Crippen molar-refractivity contribution in [2.75, 3.05) is 0 Å². The van der Waals surface area contributed by atoms with Gasteiger partial charge in [-0.2, -0.15) is 0 Å². The molecule has 3 aromatic rings. The number of nitrogens with zero attached hydrogens (tertiary/aromatic N) is 1. The molecule has 2 aromatic carbocycles. The Morgan fingerprint density at radius 1 is 1.20 bits per heavy atom. The van der Waals surface area contributed by atoms with Crippen LogP contribution in [-0.2, 0) is 11.3 Å². The summed E-state index contributed by atoms with van der Waals surface area (Å²) >= 11 is 4.91. The second kappa shape index (κ2) is 7.93. The Morgan fingerprint density at radius 2 is 1.96 bits per heavy atom. The molecule has 5 heteroatoms. The molecule has 0 amide bonds. The molecule has 0 radical (unpaired) electrons. The molecule has 0 aliphatic heterocycles. The van der Waals surface area contributed by atoms with Gasteiger partial charge in [-0.3, -0.25) is 0 Å². The van der Waals surface area contributed by atoms with E-state index in [2.05, 4.69) is 59.0 Å². The molecule has 0 saturated carbocycles. The summed E-state index contributed by atoms with van der Waals surface area (Å²) in [5, 5.41) is 2.86. The van der Waals surface area contributed by atoms with Gasteiger partial charge in [0.2, 0.25) is 0 Å². The topological polar surface area (TPSA) is 39.2 Å². The van der Waals surface area contributed by atoms with Crippen molar-refractivity contribution >= 4 is 33.2 Å². The van der Waals surface area contributed by atoms with Gasteiger partial charge in [-0.05, 0) is 29.7 Å². The number of ether oxygens (including phenoxy) is 1. The van der Waals surface area contributed by atoms with Crippen LogP contribution < -0.4 is 0 Å². The van der Waals surface area contributed by atoms with Crippen LogP contribution in [0.1, 0.15) is 41.4 Å². The Bertz CT molecular complexity index is 871. The maximum atomic E-state index is 12.1. The maximum Gasteiger partial charge on any atom is 0.338 e. The second-order valence-corrected chi connectivity index (χ2v) is 7.78. The first kappa shape index (κ1) is 17.8. The lowest BCUT2D eigenvalue weighted by Crippen LogP contribution is -2.05. The highest BCUT2D eigenvalue weighted by atomic mass is 79.9. The second-order valence-electron chi connectivity index (χ2n) is 6.01. The summed E-state index contributed by atoms with van der Waals surface area (Å²) in [6, 6.07) is 15.6. The van der Waals surface area contributed by atoms with Crippen molar-refractivity contribution in [3.05, 3.63) is 75.2 Å². The number of hydrogen-bond donors (Lipinski definition) is 0. The molecule has 0 N–H and O–H groups in total. The zero-order valence-corrected chi connectivity index (χ0v) is 16.4. The molecule has 25 heavy (non-hydrogen) atoms. The molecule has 0 spiro atoms. The van der Waals surface area contributed by atoms with Crippen LogP contribution in [0.5, 0.6) is 0 Å². The number of carbonyl (C=O) groups is 1. The van der Waals surface area contributed by atoms with E-state index in [-0.39, 0.29) is 12.6 Å². The normalized spacial score (nSPS) is 10.9. The van der Waals surface area contributed by atoms with E-state index in [0.717, 1.165) is 20.7 Å². The van der Waals surface area contributed by atoms with Crippen LogP contribution in [0, 0.1) is 0 Å². The van der Waals surface area contributed by atoms with Gasteiger partial charge >= 0.3 is 5.97 Å². The quantitative estimate of drug-likeness (QED) is 0.475. The van der Waals surface area contributed by atoms with Gasteiger partial charge in [0.25, 0.3) is 0 Å². The highest BCUT2D eigenvalue weighted by molar-refractivity contribution is 9.10. The van der Waals surface area contributed by atoms with E-state index < -0.39 is 0 Å². The largest absolute Gasteiger partial charge is 0.456 e. The van der Waals surface area contributed by atoms with Gasteiger partial charge in [0.1, 0.15) is 11.6 Å². The SMILES string of the molecule is CC(C)c1ccc(-c2nc(COC(=O)c3cccc(Br)c3)cs2)cc1. The van der Waals surface area contributed by atoms with Crippen molar-refractivity contribution in [1.29, 1.82) is 0 Å². The summed E-state index contributed by atoms with van der Waals surface area (Å²) < 4.78 is 6.20. The summed E-state index contributed by atoms with van der Waals surface area (Å²) in [5.41, 5.74) is 3.67. The highest BCUT2D eigenvalue weighted by Crippen LogP contribution is 2.26. The van der Waals surface area contributed by atoms with Gasteiger partial charge in [0, 0.05) is 15.4 Å². The molecule has 128 valence electrons. The van der Waals surface area contributed by atoms with Gasteiger partial charge in [-0.1, -0.05) is 60.1 Å². The number of halogens is 1. The third kappa shape index (κ3) is 4.55. The standard InChI is InChI=1S/C20H18BrNO2S/c1-13(2)14-6-8-15(9-7-14)19-22-18(12-25-19)11-24-20(23)16-4-3-5-17(21)10-16/h3-10,12-13H,11H2,1-2H3. The third-order valence-corrected chi connectivity index (χ3v) is 5.22. The fraction of sp³-hybridized carbons (Fsp3) is 0.200. The Balaban J connectivity index is 1.64. The first-order valence-corrected chi connectivity index (χ1v) is 9.67. The van der Waals surface area contributed by atoms with Gasteiger partial charge in [0.05, 0.1) is 11.3 Å². The Morgan fingerprint density at radius 3 is 2.64 bits per heavy atom. The van der Waals surface area contributed by atoms with E-state index in [1.165, 1.54) is 5.56 Å². The molecule has 0 aliphatic rings. The molecule has 0 aliphatic carbocycles. The summed E-state index contributed by atoms with van der Waals surface area (Å²) in [5.74, 6) is 0.162. The lowest BCUT2D eigenvalue weighted by Gasteiger charge is -2.05. The van der Waals surface area contributed by atoms with Gasteiger partial charge < -0.3 is 4.74 Å². The van der Waals surface area contributed by atoms with E-state index >= 15 is 0 Å². The number of rotatable bonds is 5. The minimum absolute atomic E-state index is 0.173. The molecular weight excluding hydrogens is 398 g/mol. The Labute approximate surface area is 159 Å². The first-order chi connectivity index (χ1) is 12.0. The lowest BCUT2D eigenvalue weighted by atomic mass is 10.0. The average Bonchev–Trinajstić information content (AvgIpc) is 3.08. The van der Waals surface area contributed by atoms with Crippen LogP contribution >= 0.6 is 27.3 Å². The van der Waals surface area contributed by atoms with E-state index in [1.54, 1.807) is 23.5 Å². The van der Waals surface area contributed by atoms with E-state index in [0.29, 0.717) is 11.5 Å². The zero-order chi connectivity index (χ0) is 17.8. The zero-order valence-electron chi connectivity index (χ0n) is 14.0. The molecular formula is C20H18BrNO2S. The monoisotopic (exact) mass is 415 g/mol. The number of esters is 1. The van der Waals surface area contributed by atoms with Crippen LogP contribution in [0.25, 0.3) is 10.6 Å². The van der Waals surface area contributed by atoms with Crippen molar-refractivity contribution in [3.63, 3.8) is 0 Å². The minimum Gasteiger partial charge on any atom is -0.456 e. The number of aromatic nitrogens is 1. The molecule has 0 atom stereocenters. The third-order valence-electron chi connectivity index (χ3n) is 3.79. The summed E-state index contributed by atoms with van der Waals surface area (Å²) in [4.78, 5) is 16.7. The Kier molecular flexibility index (Phi) is 5.66. The van der Waals surface area contributed by atoms with Crippen LogP contribution in [0.2, 0.25) is 0 Å². The van der Waals surface area contributed by atoms with Gasteiger partial charge in [-0.25, -0.2) is 9.78 Å². The smallest absolute Gasteiger partial charge is 0.338 e. The minimum atomic E-state index is -0.350. The summed E-state index contributed by atoms with van der Waals surface area (Å²) in [6.07, 6.45) is 0. The van der Waals surface area contributed by atoms with E-state index in [1.807, 2.05) is 17.5 Å². The molecule has 0 saturated heterocycles. The Hall–Kier alpha value is -1.98. The fourth-order valence-electron chi connectivity index (χ4n) is 2.35. The van der Waals surface area contributed by atoms with Crippen molar-refractivity contribution in [2.45, 2.75) is 26.4 Å². The van der Waals surface area contributed by atoms with Crippen LogP contribution in [0.3, 0.4) is 0 Å². The predicted molar refractivity (Wildman–Crippen MR) is 105 cm³/mol. The number of benzene rings is 2. The molecule has 0 fully saturated rings. The molecule has 3 rings (SSSR count). The van der Waals surface area contributed by atoms with Crippen molar-refractivity contribution in [1.82, 2.24) is 4.98 Å². The highest BCUT2D eigenvalue weighted by Gasteiger charge is 2.10. The van der Waals surface area contributed by atoms with Crippen LogP contribution in [0.15, 0.2) is 58.4 Å². The number of thiazole rings is 1. The van der Waals surface area contributed by atoms with Gasteiger partial charge in [-0.15, -0.1) is 11.3 Å². The molecule has 0 unspecified atom stereocenters. The maximum absolute atomic E-state index is 12.1.